The van der Waals surface area contributed by atoms with Gasteiger partial charge in [-0.1, -0.05) is 0 Å². The van der Waals surface area contributed by atoms with Gasteiger partial charge in [0.1, 0.15) is 0 Å². The van der Waals surface area contributed by atoms with E-state index in [4.69, 9.17) is 0 Å². The predicted octanol–water partition coefficient (Wildman–Crippen LogP) is 1.04. The van der Waals surface area contributed by atoms with E-state index in [9.17, 15) is 0 Å². The van der Waals surface area contributed by atoms with Crippen molar-refractivity contribution in [1.29, 1.82) is 0 Å². The fourth-order valence-corrected chi connectivity index (χ4v) is 0. The molecule has 40 valence electrons. The molecule has 0 atom stereocenters. The second kappa shape index (κ2) is 18.4. The zero-order valence-electron chi connectivity index (χ0n) is 2.75. The molecular formula is C3H6Pd2-2. The van der Waals surface area contributed by atoms with E-state index in [2.05, 4.69) is 13.8 Å². The van der Waals surface area contributed by atoms with Crippen molar-refractivity contribution in [3.05, 3.63) is 13.8 Å². The van der Waals surface area contributed by atoms with Crippen molar-refractivity contribution in [2.45, 2.75) is 6.42 Å². The maximum absolute atomic E-state index is 3.38. The molecule has 0 aliphatic heterocycles. The summed E-state index contributed by atoms with van der Waals surface area (Å²) < 4.78 is 0. The first kappa shape index (κ1) is 16.2. The summed E-state index contributed by atoms with van der Waals surface area (Å²) in [6.07, 6.45) is 0.750. The summed E-state index contributed by atoms with van der Waals surface area (Å²) in [6.45, 7) is 6.75. The average Bonchev–Trinajstić information content (AvgIpc) is 0.918. The Hall–Kier alpha value is 1.32. The smallest absolute Gasteiger partial charge is 0 e. The number of hydrogen-bond donors (Lipinski definition) is 0. The molecule has 0 fully saturated rings. The minimum Gasteiger partial charge on any atom is -0.372 e. The molecule has 0 aliphatic rings. The molecule has 0 spiro atoms. The largest absolute Gasteiger partial charge is 0.372 e. The number of hydrogen-bond acceptors (Lipinski definition) is 0. The van der Waals surface area contributed by atoms with Gasteiger partial charge in [0, 0.05) is 40.8 Å². The van der Waals surface area contributed by atoms with E-state index in [1.54, 1.807) is 0 Å². The third kappa shape index (κ3) is 33.5. The molecule has 0 aliphatic carbocycles. The van der Waals surface area contributed by atoms with E-state index in [-0.39, 0.29) is 40.8 Å². The van der Waals surface area contributed by atoms with E-state index >= 15 is 0 Å². The van der Waals surface area contributed by atoms with Crippen molar-refractivity contribution in [1.82, 2.24) is 0 Å². The second-order valence-corrected chi connectivity index (χ2v) is 0.354. The van der Waals surface area contributed by atoms with Gasteiger partial charge in [0.15, 0.2) is 0 Å². The normalized spacial score (nSPS) is 3.60. The molecule has 0 saturated carbocycles. The van der Waals surface area contributed by atoms with Crippen LogP contribution < -0.4 is 0 Å². The molecule has 2 heteroatoms. The monoisotopic (exact) mass is 254 g/mol. The summed E-state index contributed by atoms with van der Waals surface area (Å²) in [7, 11) is 0. The van der Waals surface area contributed by atoms with Crippen LogP contribution in [-0.2, 0) is 40.8 Å². The second-order valence-electron chi connectivity index (χ2n) is 0.354. The summed E-state index contributed by atoms with van der Waals surface area (Å²) in [6, 6.07) is 0. The Kier molecular flexibility index (Phi) is 59.8. The Morgan fingerprint density at radius 1 is 1.00 bits per heavy atom. The molecule has 0 N–H and O–H groups in total. The molecular weight excluding hydrogens is 249 g/mol. The van der Waals surface area contributed by atoms with Gasteiger partial charge < -0.3 is 20.3 Å². The van der Waals surface area contributed by atoms with Crippen LogP contribution >= 0.6 is 0 Å². The standard InChI is InChI=1S/C3H6.2Pd/c1-3-2;;/h1-3H2;;/q-2;;. The zero-order chi connectivity index (χ0) is 2.71. The van der Waals surface area contributed by atoms with Gasteiger partial charge in [-0.15, -0.1) is 0 Å². The Labute approximate surface area is 61.0 Å². The minimum absolute atomic E-state index is 0. The van der Waals surface area contributed by atoms with Crippen molar-refractivity contribution < 1.29 is 40.8 Å². The van der Waals surface area contributed by atoms with Crippen molar-refractivity contribution in [3.8, 4) is 0 Å². The average molecular weight is 255 g/mol. The van der Waals surface area contributed by atoms with Crippen LogP contribution in [0.5, 0.6) is 0 Å². The Morgan fingerprint density at radius 3 is 1.00 bits per heavy atom. The van der Waals surface area contributed by atoms with Gasteiger partial charge in [0.05, 0.1) is 0 Å². The summed E-state index contributed by atoms with van der Waals surface area (Å²) in [4.78, 5) is 0. The SMILES string of the molecule is [CH2-]C[CH2-].[Pd].[Pd]. The van der Waals surface area contributed by atoms with Crippen LogP contribution in [0.3, 0.4) is 0 Å². The van der Waals surface area contributed by atoms with Gasteiger partial charge in [0.25, 0.3) is 0 Å². The molecule has 0 aromatic heterocycles. The molecule has 0 bridgehead atoms. The third-order valence-electron chi connectivity index (χ3n) is 0. The maximum Gasteiger partial charge on any atom is 0 e. The molecule has 0 amide bonds. The van der Waals surface area contributed by atoms with Crippen LogP contribution in [0.1, 0.15) is 6.42 Å². The van der Waals surface area contributed by atoms with Gasteiger partial charge in [-0.2, -0.15) is 0 Å². The predicted molar refractivity (Wildman–Crippen MR) is 15.3 cm³/mol. The van der Waals surface area contributed by atoms with Crippen LogP contribution in [0, 0.1) is 13.8 Å². The van der Waals surface area contributed by atoms with E-state index in [0.29, 0.717) is 0 Å². The molecule has 0 aromatic rings. The van der Waals surface area contributed by atoms with Gasteiger partial charge >= 0.3 is 0 Å². The molecule has 0 nitrogen and oxygen atoms in total. The molecule has 0 radical (unpaired) electrons. The van der Waals surface area contributed by atoms with E-state index in [1.807, 2.05) is 0 Å². The van der Waals surface area contributed by atoms with Crippen LogP contribution in [0.25, 0.3) is 0 Å². The fraction of sp³-hybridized carbons (Fsp3) is 0.333. The van der Waals surface area contributed by atoms with Crippen LogP contribution in [0.15, 0.2) is 0 Å². The Bertz CT molecular complexity index is 4.85. The minimum atomic E-state index is 0. The van der Waals surface area contributed by atoms with E-state index in [0.717, 1.165) is 6.42 Å². The van der Waals surface area contributed by atoms with Crippen LogP contribution in [0.2, 0.25) is 0 Å². The first-order valence-corrected chi connectivity index (χ1v) is 1.000. The van der Waals surface area contributed by atoms with Crippen molar-refractivity contribution in [2.75, 3.05) is 0 Å². The third-order valence-corrected chi connectivity index (χ3v) is 0. The number of rotatable bonds is 0. The van der Waals surface area contributed by atoms with E-state index < -0.39 is 0 Å². The van der Waals surface area contributed by atoms with Crippen LogP contribution in [0.4, 0.5) is 0 Å². The van der Waals surface area contributed by atoms with Crippen molar-refractivity contribution in [2.24, 2.45) is 0 Å². The summed E-state index contributed by atoms with van der Waals surface area (Å²) in [5, 5.41) is 0. The topological polar surface area (TPSA) is 0 Å². The molecule has 0 unspecified atom stereocenters. The van der Waals surface area contributed by atoms with Crippen LogP contribution in [-0.4, -0.2) is 0 Å². The fourth-order valence-electron chi connectivity index (χ4n) is 0. The van der Waals surface area contributed by atoms with Gasteiger partial charge in [0.2, 0.25) is 0 Å². The first-order chi connectivity index (χ1) is 1.41. The molecule has 0 aromatic carbocycles. The maximum atomic E-state index is 3.38. The molecule has 0 heterocycles. The van der Waals surface area contributed by atoms with E-state index in [1.165, 1.54) is 0 Å². The first-order valence-electron chi connectivity index (χ1n) is 1.000. The Balaban J connectivity index is -0.0000000200. The summed E-state index contributed by atoms with van der Waals surface area (Å²) in [5.41, 5.74) is 0. The zero-order valence-corrected chi connectivity index (χ0v) is 5.86. The summed E-state index contributed by atoms with van der Waals surface area (Å²) >= 11 is 0. The van der Waals surface area contributed by atoms with Crippen molar-refractivity contribution in [3.63, 3.8) is 0 Å². The van der Waals surface area contributed by atoms with Gasteiger partial charge in [-0.25, -0.2) is 0 Å². The molecule has 5 heavy (non-hydrogen) atoms. The van der Waals surface area contributed by atoms with Gasteiger partial charge in [-0.3, -0.25) is 0 Å². The molecule has 0 saturated heterocycles. The quantitative estimate of drug-likeness (QED) is 0.448. The van der Waals surface area contributed by atoms with Gasteiger partial charge in [-0.05, 0) is 0 Å². The summed E-state index contributed by atoms with van der Waals surface area (Å²) in [5.74, 6) is 0. The Morgan fingerprint density at radius 2 is 1.00 bits per heavy atom. The van der Waals surface area contributed by atoms with Crippen molar-refractivity contribution >= 4 is 0 Å². The molecule has 0 rings (SSSR count).